The molecule has 0 spiro atoms. The van der Waals surface area contributed by atoms with Crippen molar-refractivity contribution in [3.8, 4) is 0 Å². The van der Waals surface area contributed by atoms with E-state index < -0.39 is 4.92 Å². The molecule has 0 bridgehead atoms. The number of rotatable bonds is 7. The van der Waals surface area contributed by atoms with E-state index in [2.05, 4.69) is 6.92 Å². The van der Waals surface area contributed by atoms with Crippen LogP contribution >= 0.6 is 0 Å². The van der Waals surface area contributed by atoms with Crippen LogP contribution in [0.1, 0.15) is 45.4 Å². The Kier molecular flexibility index (Phi) is 7.65. The predicted molar refractivity (Wildman–Crippen MR) is 49.5 cm³/mol. The van der Waals surface area contributed by atoms with Gasteiger partial charge in [-0.05, 0) is 18.9 Å². The lowest BCUT2D eigenvalue weighted by Crippen LogP contribution is -1.82. The van der Waals surface area contributed by atoms with E-state index in [4.69, 9.17) is 0 Å². The first-order valence-corrected chi connectivity index (χ1v) is 4.57. The molecule has 0 heterocycles. The van der Waals surface area contributed by atoms with Crippen LogP contribution in [0.25, 0.3) is 0 Å². The number of hydrogen-bond acceptors (Lipinski definition) is 2. The summed E-state index contributed by atoms with van der Waals surface area (Å²) in [5, 5.41) is 9.85. The van der Waals surface area contributed by atoms with Crippen molar-refractivity contribution in [2.24, 2.45) is 0 Å². The molecule has 0 unspecified atom stereocenters. The molecule has 0 N–H and O–H groups in total. The summed E-state index contributed by atoms with van der Waals surface area (Å²) in [7, 11) is 0. The number of allylic oxidation sites excluding steroid dienone is 1. The van der Waals surface area contributed by atoms with Crippen LogP contribution in [0.4, 0.5) is 0 Å². The van der Waals surface area contributed by atoms with Gasteiger partial charge in [0.25, 0.3) is 0 Å². The Balaban J connectivity index is 3.05. The highest BCUT2D eigenvalue weighted by Crippen LogP contribution is 2.04. The smallest absolute Gasteiger partial charge is 0.230 e. The van der Waals surface area contributed by atoms with E-state index in [9.17, 15) is 10.1 Å². The lowest BCUT2D eigenvalue weighted by molar-refractivity contribution is -0.402. The van der Waals surface area contributed by atoms with Gasteiger partial charge in [-0.1, -0.05) is 32.6 Å². The fourth-order valence-electron chi connectivity index (χ4n) is 1.03. The van der Waals surface area contributed by atoms with E-state index in [0.29, 0.717) is 0 Å². The average Bonchev–Trinajstić information content (AvgIpc) is 2.02. The van der Waals surface area contributed by atoms with Gasteiger partial charge in [0.1, 0.15) is 0 Å². The van der Waals surface area contributed by atoms with Crippen LogP contribution in [0.2, 0.25) is 0 Å². The fourth-order valence-corrected chi connectivity index (χ4v) is 1.03. The van der Waals surface area contributed by atoms with Crippen LogP contribution in [-0.2, 0) is 0 Å². The molecule has 0 aromatic carbocycles. The molecule has 3 nitrogen and oxygen atoms in total. The Morgan fingerprint density at radius 1 is 1.25 bits per heavy atom. The van der Waals surface area contributed by atoms with Gasteiger partial charge in [0, 0.05) is 0 Å². The normalized spacial score (nSPS) is 10.8. The summed E-state index contributed by atoms with van der Waals surface area (Å²) in [6, 6.07) is 0. The van der Waals surface area contributed by atoms with Crippen molar-refractivity contribution in [2.45, 2.75) is 45.4 Å². The van der Waals surface area contributed by atoms with Gasteiger partial charge in [0.05, 0.1) is 4.92 Å². The van der Waals surface area contributed by atoms with Crippen molar-refractivity contribution in [3.63, 3.8) is 0 Å². The van der Waals surface area contributed by atoms with Crippen LogP contribution in [0.15, 0.2) is 12.3 Å². The van der Waals surface area contributed by atoms with Crippen molar-refractivity contribution >= 4 is 0 Å². The molecule has 12 heavy (non-hydrogen) atoms. The maximum absolute atomic E-state index is 9.85. The van der Waals surface area contributed by atoms with Gasteiger partial charge >= 0.3 is 0 Å². The van der Waals surface area contributed by atoms with E-state index in [1.807, 2.05) is 0 Å². The SMILES string of the molecule is CCCCCCC/C=C/[N+](=O)[O-]. The summed E-state index contributed by atoms with van der Waals surface area (Å²) in [6.45, 7) is 2.17. The van der Waals surface area contributed by atoms with Crippen molar-refractivity contribution in [3.05, 3.63) is 22.4 Å². The molecule has 0 atom stereocenters. The van der Waals surface area contributed by atoms with E-state index in [0.717, 1.165) is 19.0 Å². The number of nitro groups is 1. The fraction of sp³-hybridized carbons (Fsp3) is 0.778. The Hall–Kier alpha value is -0.860. The standard InChI is InChI=1S/C9H17NO2/c1-2-3-4-5-6-7-8-9-10(11)12/h8-9H,2-7H2,1H3/b9-8+. The molecule has 0 radical (unpaired) electrons. The van der Waals surface area contributed by atoms with Crippen LogP contribution < -0.4 is 0 Å². The Labute approximate surface area is 73.6 Å². The minimum Gasteiger partial charge on any atom is -0.259 e. The van der Waals surface area contributed by atoms with Gasteiger partial charge in [-0.2, -0.15) is 0 Å². The zero-order valence-electron chi connectivity index (χ0n) is 7.66. The third-order valence-corrected chi connectivity index (χ3v) is 1.70. The maximum atomic E-state index is 9.85. The molecule has 0 fully saturated rings. The van der Waals surface area contributed by atoms with Crippen molar-refractivity contribution < 1.29 is 4.92 Å². The molecule has 0 aromatic rings. The monoisotopic (exact) mass is 171 g/mol. The van der Waals surface area contributed by atoms with Gasteiger partial charge in [-0.3, -0.25) is 10.1 Å². The average molecular weight is 171 g/mol. The zero-order valence-corrected chi connectivity index (χ0v) is 7.66. The van der Waals surface area contributed by atoms with E-state index in [-0.39, 0.29) is 0 Å². The molecule has 0 aliphatic carbocycles. The Morgan fingerprint density at radius 3 is 2.50 bits per heavy atom. The first-order chi connectivity index (χ1) is 5.77. The Morgan fingerprint density at radius 2 is 1.92 bits per heavy atom. The van der Waals surface area contributed by atoms with Gasteiger partial charge in [-0.25, -0.2) is 0 Å². The number of unbranched alkanes of at least 4 members (excludes halogenated alkanes) is 5. The van der Waals surface area contributed by atoms with Gasteiger partial charge in [-0.15, -0.1) is 0 Å². The molecular formula is C9H17NO2. The molecular weight excluding hydrogens is 154 g/mol. The molecule has 3 heteroatoms. The third-order valence-electron chi connectivity index (χ3n) is 1.70. The van der Waals surface area contributed by atoms with Crippen LogP contribution in [-0.4, -0.2) is 4.92 Å². The number of nitrogens with zero attached hydrogens (tertiary/aromatic N) is 1. The molecule has 0 saturated carbocycles. The second-order valence-electron chi connectivity index (χ2n) is 2.87. The summed E-state index contributed by atoms with van der Waals surface area (Å²) < 4.78 is 0. The molecule has 0 saturated heterocycles. The second kappa shape index (κ2) is 8.24. The van der Waals surface area contributed by atoms with Crippen LogP contribution in [0, 0.1) is 10.1 Å². The van der Waals surface area contributed by atoms with Gasteiger partial charge in [0.2, 0.25) is 6.20 Å². The Bertz CT molecular complexity index is 143. The minimum atomic E-state index is -0.411. The largest absolute Gasteiger partial charge is 0.259 e. The summed E-state index contributed by atoms with van der Waals surface area (Å²) in [4.78, 5) is 9.44. The highest BCUT2D eigenvalue weighted by Gasteiger charge is 1.88. The predicted octanol–water partition coefficient (Wildman–Crippen LogP) is 3.14. The van der Waals surface area contributed by atoms with Gasteiger partial charge in [0.15, 0.2) is 0 Å². The van der Waals surface area contributed by atoms with E-state index in [1.165, 1.54) is 25.7 Å². The second-order valence-corrected chi connectivity index (χ2v) is 2.87. The molecule has 0 amide bonds. The van der Waals surface area contributed by atoms with Crippen LogP contribution in [0.5, 0.6) is 0 Å². The van der Waals surface area contributed by atoms with E-state index in [1.54, 1.807) is 6.08 Å². The topological polar surface area (TPSA) is 43.1 Å². The van der Waals surface area contributed by atoms with Crippen molar-refractivity contribution in [1.82, 2.24) is 0 Å². The summed E-state index contributed by atoms with van der Waals surface area (Å²) in [6.07, 6.45) is 9.53. The maximum Gasteiger partial charge on any atom is 0.230 e. The molecule has 0 aliphatic heterocycles. The lowest BCUT2D eigenvalue weighted by atomic mass is 10.1. The minimum absolute atomic E-state index is 0.411. The molecule has 70 valence electrons. The summed E-state index contributed by atoms with van der Waals surface area (Å²) in [5.74, 6) is 0. The molecule has 0 rings (SSSR count). The molecule has 0 aromatic heterocycles. The highest BCUT2D eigenvalue weighted by atomic mass is 16.6. The third kappa shape index (κ3) is 9.14. The number of hydrogen-bond donors (Lipinski definition) is 0. The lowest BCUT2D eigenvalue weighted by Gasteiger charge is -1.94. The zero-order chi connectivity index (χ0) is 9.23. The first kappa shape index (κ1) is 11.1. The summed E-state index contributed by atoms with van der Waals surface area (Å²) in [5.41, 5.74) is 0. The van der Waals surface area contributed by atoms with Crippen molar-refractivity contribution in [1.29, 1.82) is 0 Å². The summed E-state index contributed by atoms with van der Waals surface area (Å²) >= 11 is 0. The first-order valence-electron chi connectivity index (χ1n) is 4.57. The van der Waals surface area contributed by atoms with Crippen molar-refractivity contribution in [2.75, 3.05) is 0 Å². The quantitative estimate of drug-likeness (QED) is 0.335. The highest BCUT2D eigenvalue weighted by molar-refractivity contribution is 4.71. The van der Waals surface area contributed by atoms with Crippen LogP contribution in [0.3, 0.4) is 0 Å². The van der Waals surface area contributed by atoms with Gasteiger partial charge < -0.3 is 0 Å². The van der Waals surface area contributed by atoms with E-state index >= 15 is 0 Å². The molecule has 0 aliphatic rings.